The monoisotopic (exact) mass is 354 g/mol. The van der Waals surface area contributed by atoms with Crippen molar-refractivity contribution >= 4 is 11.6 Å². The smallest absolute Gasteiger partial charge is 0.225 e. The molecule has 1 aliphatic rings. The fourth-order valence-corrected chi connectivity index (χ4v) is 3.17. The molecule has 1 N–H and O–H groups in total. The number of benzene rings is 2. The number of aryl methyl sites for hydroxylation is 1. The Morgan fingerprint density at radius 3 is 2.85 bits per heavy atom. The second kappa shape index (κ2) is 8.83. The Morgan fingerprint density at radius 1 is 1.27 bits per heavy atom. The topological polar surface area (TPSA) is 50.8 Å². The van der Waals surface area contributed by atoms with Gasteiger partial charge in [0.15, 0.2) is 0 Å². The van der Waals surface area contributed by atoms with Gasteiger partial charge in [0, 0.05) is 26.1 Å². The molecule has 26 heavy (non-hydrogen) atoms. The number of nitrogens with zero attached hydrogens (tertiary/aromatic N) is 1. The van der Waals surface area contributed by atoms with Crippen molar-refractivity contribution in [2.24, 2.45) is 0 Å². The molecule has 5 nitrogen and oxygen atoms in total. The first-order valence-corrected chi connectivity index (χ1v) is 8.99. The van der Waals surface area contributed by atoms with E-state index in [1.165, 1.54) is 5.56 Å². The number of nitrogens with one attached hydrogen (secondary N) is 1. The van der Waals surface area contributed by atoms with E-state index in [1.54, 1.807) is 7.11 Å². The molecule has 1 aliphatic heterocycles. The van der Waals surface area contributed by atoms with Crippen LogP contribution in [0.1, 0.15) is 23.7 Å². The second-order valence-electron chi connectivity index (χ2n) is 6.57. The molecule has 0 bridgehead atoms. The van der Waals surface area contributed by atoms with E-state index in [0.29, 0.717) is 25.3 Å². The molecule has 1 atom stereocenters. The van der Waals surface area contributed by atoms with Gasteiger partial charge in [-0.1, -0.05) is 36.4 Å². The Kier molecular flexibility index (Phi) is 6.26. The van der Waals surface area contributed by atoms with Gasteiger partial charge >= 0.3 is 0 Å². The summed E-state index contributed by atoms with van der Waals surface area (Å²) in [5, 5.41) is 2.96. The fourth-order valence-electron chi connectivity index (χ4n) is 3.17. The van der Waals surface area contributed by atoms with Gasteiger partial charge in [0.2, 0.25) is 5.91 Å². The van der Waals surface area contributed by atoms with E-state index in [-0.39, 0.29) is 12.0 Å². The molecule has 0 aliphatic carbocycles. The van der Waals surface area contributed by atoms with Gasteiger partial charge in [-0.15, -0.1) is 0 Å². The SMILES string of the molecule is COc1ccc(C)cc1NC(=O)CCN1CCOC(c2ccccc2)C1. The quantitative estimate of drug-likeness (QED) is 0.864. The zero-order chi connectivity index (χ0) is 18.4. The van der Waals surface area contributed by atoms with Gasteiger partial charge in [-0.3, -0.25) is 9.69 Å². The van der Waals surface area contributed by atoms with Crippen LogP contribution in [0.2, 0.25) is 0 Å². The third kappa shape index (κ3) is 4.84. The molecule has 0 radical (unpaired) electrons. The zero-order valence-corrected chi connectivity index (χ0v) is 15.4. The van der Waals surface area contributed by atoms with Crippen molar-refractivity contribution in [1.82, 2.24) is 4.90 Å². The lowest BCUT2D eigenvalue weighted by atomic mass is 10.1. The van der Waals surface area contributed by atoms with E-state index >= 15 is 0 Å². The van der Waals surface area contributed by atoms with Crippen LogP contribution in [0.3, 0.4) is 0 Å². The van der Waals surface area contributed by atoms with Crippen molar-refractivity contribution in [2.45, 2.75) is 19.4 Å². The first-order chi connectivity index (χ1) is 12.7. The summed E-state index contributed by atoms with van der Waals surface area (Å²) in [5.41, 5.74) is 2.99. The average molecular weight is 354 g/mol. The molecule has 0 saturated carbocycles. The minimum atomic E-state index is -0.00310. The summed E-state index contributed by atoms with van der Waals surface area (Å²) in [6.07, 6.45) is 0.517. The molecule has 0 spiro atoms. The zero-order valence-electron chi connectivity index (χ0n) is 15.4. The minimum Gasteiger partial charge on any atom is -0.495 e. The van der Waals surface area contributed by atoms with Crippen molar-refractivity contribution in [2.75, 3.05) is 38.7 Å². The average Bonchev–Trinajstić information content (AvgIpc) is 2.67. The van der Waals surface area contributed by atoms with Crippen molar-refractivity contribution in [3.05, 3.63) is 59.7 Å². The van der Waals surface area contributed by atoms with Gasteiger partial charge in [0.05, 0.1) is 25.5 Å². The lowest BCUT2D eigenvalue weighted by Crippen LogP contribution is -2.39. The number of morpholine rings is 1. The first kappa shape index (κ1) is 18.4. The number of anilines is 1. The van der Waals surface area contributed by atoms with Crippen LogP contribution in [0.15, 0.2) is 48.5 Å². The van der Waals surface area contributed by atoms with Crippen molar-refractivity contribution in [1.29, 1.82) is 0 Å². The molecule has 1 amide bonds. The van der Waals surface area contributed by atoms with E-state index in [2.05, 4.69) is 22.3 Å². The number of rotatable bonds is 6. The lowest BCUT2D eigenvalue weighted by molar-refractivity contribution is -0.117. The molecule has 138 valence electrons. The maximum absolute atomic E-state index is 12.4. The summed E-state index contributed by atoms with van der Waals surface area (Å²) in [6.45, 7) is 5.06. The summed E-state index contributed by atoms with van der Waals surface area (Å²) in [7, 11) is 1.61. The van der Waals surface area contributed by atoms with E-state index < -0.39 is 0 Å². The highest BCUT2D eigenvalue weighted by molar-refractivity contribution is 5.92. The van der Waals surface area contributed by atoms with Crippen molar-refractivity contribution < 1.29 is 14.3 Å². The molecule has 1 saturated heterocycles. The summed E-state index contributed by atoms with van der Waals surface area (Å²) < 4.78 is 11.2. The highest BCUT2D eigenvalue weighted by Gasteiger charge is 2.22. The van der Waals surface area contributed by atoms with Crippen LogP contribution in [0.25, 0.3) is 0 Å². The standard InChI is InChI=1S/C21H26N2O3/c1-16-8-9-19(25-2)18(14-16)22-21(24)10-11-23-12-13-26-20(15-23)17-6-4-3-5-7-17/h3-9,14,20H,10-13,15H2,1-2H3,(H,22,24). The molecule has 1 heterocycles. The van der Waals surface area contributed by atoms with Gasteiger partial charge in [-0.2, -0.15) is 0 Å². The maximum Gasteiger partial charge on any atom is 0.225 e. The summed E-state index contributed by atoms with van der Waals surface area (Å²) in [4.78, 5) is 14.6. The number of hydrogen-bond donors (Lipinski definition) is 1. The van der Waals surface area contributed by atoms with Gasteiger partial charge in [-0.05, 0) is 30.2 Å². The van der Waals surface area contributed by atoms with Crippen LogP contribution in [0.5, 0.6) is 5.75 Å². The van der Waals surface area contributed by atoms with E-state index in [9.17, 15) is 4.79 Å². The largest absolute Gasteiger partial charge is 0.495 e. The lowest BCUT2D eigenvalue weighted by Gasteiger charge is -2.33. The molecule has 0 aromatic heterocycles. The second-order valence-corrected chi connectivity index (χ2v) is 6.57. The minimum absolute atomic E-state index is 0.00310. The number of methoxy groups -OCH3 is 1. The number of carbonyl (C=O) groups excluding carboxylic acids is 1. The van der Waals surface area contributed by atoms with E-state index in [0.717, 1.165) is 24.3 Å². The molecule has 2 aromatic rings. The van der Waals surface area contributed by atoms with Crippen LogP contribution in [-0.4, -0.2) is 44.2 Å². The maximum atomic E-state index is 12.4. The normalized spacial score (nSPS) is 17.7. The van der Waals surface area contributed by atoms with Gasteiger partial charge in [-0.25, -0.2) is 0 Å². The molecule has 2 aromatic carbocycles. The molecule has 1 unspecified atom stereocenters. The Balaban J connectivity index is 1.52. The highest BCUT2D eigenvalue weighted by atomic mass is 16.5. The third-order valence-corrected chi connectivity index (χ3v) is 4.61. The summed E-state index contributed by atoms with van der Waals surface area (Å²) in [5.74, 6) is 0.677. The first-order valence-electron chi connectivity index (χ1n) is 8.99. The molecule has 5 heteroatoms. The number of carbonyl (C=O) groups is 1. The van der Waals surface area contributed by atoms with E-state index in [4.69, 9.17) is 9.47 Å². The Hall–Kier alpha value is -2.37. The van der Waals surface area contributed by atoms with Crippen LogP contribution < -0.4 is 10.1 Å². The molecular weight excluding hydrogens is 328 g/mol. The highest BCUT2D eigenvalue weighted by Crippen LogP contribution is 2.25. The number of hydrogen-bond acceptors (Lipinski definition) is 4. The number of amides is 1. The molecule has 3 rings (SSSR count). The predicted molar refractivity (Wildman–Crippen MR) is 103 cm³/mol. The Labute approximate surface area is 154 Å². The van der Waals surface area contributed by atoms with Crippen LogP contribution >= 0.6 is 0 Å². The van der Waals surface area contributed by atoms with Crippen LogP contribution in [-0.2, 0) is 9.53 Å². The Bertz CT molecular complexity index is 733. The van der Waals surface area contributed by atoms with Gasteiger partial charge in [0.1, 0.15) is 5.75 Å². The predicted octanol–water partition coefficient (Wildman–Crippen LogP) is 3.41. The van der Waals surface area contributed by atoms with E-state index in [1.807, 2.05) is 43.3 Å². The summed E-state index contributed by atoms with van der Waals surface area (Å²) >= 11 is 0. The third-order valence-electron chi connectivity index (χ3n) is 4.61. The summed E-state index contributed by atoms with van der Waals surface area (Å²) in [6, 6.07) is 16.0. The van der Waals surface area contributed by atoms with Crippen LogP contribution in [0.4, 0.5) is 5.69 Å². The van der Waals surface area contributed by atoms with Gasteiger partial charge < -0.3 is 14.8 Å². The Morgan fingerprint density at radius 2 is 2.08 bits per heavy atom. The number of ether oxygens (including phenoxy) is 2. The molecule has 1 fully saturated rings. The fraction of sp³-hybridized carbons (Fsp3) is 0.381. The molecular formula is C21H26N2O3. The van der Waals surface area contributed by atoms with Crippen molar-refractivity contribution in [3.63, 3.8) is 0 Å². The van der Waals surface area contributed by atoms with Crippen molar-refractivity contribution in [3.8, 4) is 5.75 Å². The van der Waals surface area contributed by atoms with Crippen LogP contribution in [0, 0.1) is 6.92 Å². The van der Waals surface area contributed by atoms with Gasteiger partial charge in [0.25, 0.3) is 0 Å².